The van der Waals surface area contributed by atoms with Crippen LogP contribution in [0.3, 0.4) is 0 Å². The van der Waals surface area contributed by atoms with Gasteiger partial charge in [-0.15, -0.1) is 0 Å². The number of nitrogens with one attached hydrogen (secondary N) is 1. The number of hydrogen-bond donors (Lipinski definition) is 3. The van der Waals surface area contributed by atoms with E-state index in [9.17, 15) is 14.3 Å². The molecule has 1 aromatic rings. The zero-order valence-corrected chi connectivity index (χ0v) is 12.5. The van der Waals surface area contributed by atoms with Crippen molar-refractivity contribution in [3.05, 3.63) is 24.0 Å². The number of benzene rings is 1. The molecule has 6 heteroatoms. The summed E-state index contributed by atoms with van der Waals surface area (Å²) in [6.07, 6.45) is 0.734. The summed E-state index contributed by atoms with van der Waals surface area (Å²) in [5.74, 6) is 0.232. The maximum Gasteiger partial charge on any atom is 0.224 e. The lowest BCUT2D eigenvalue weighted by Gasteiger charge is -2.13. The van der Waals surface area contributed by atoms with Crippen LogP contribution >= 0.6 is 11.8 Å². The highest BCUT2D eigenvalue weighted by atomic mass is 32.2. The van der Waals surface area contributed by atoms with Gasteiger partial charge in [-0.05, 0) is 37.3 Å². The van der Waals surface area contributed by atoms with Gasteiger partial charge in [0.2, 0.25) is 5.91 Å². The molecule has 20 heavy (non-hydrogen) atoms. The molecule has 4 nitrogen and oxygen atoms in total. The quantitative estimate of drug-likeness (QED) is 0.534. The van der Waals surface area contributed by atoms with Crippen LogP contribution in [0, 0.1) is 5.82 Å². The Hall–Kier alpha value is -1.27. The van der Waals surface area contributed by atoms with Gasteiger partial charge in [0.25, 0.3) is 0 Å². The molecule has 0 heterocycles. The smallest absolute Gasteiger partial charge is 0.224 e. The van der Waals surface area contributed by atoms with E-state index in [0.29, 0.717) is 18.5 Å². The normalized spacial score (nSPS) is 13.8. The second-order valence-corrected chi connectivity index (χ2v) is 6.18. The molecule has 0 bridgehead atoms. The first kappa shape index (κ1) is 16.8. The number of rotatable bonds is 7. The summed E-state index contributed by atoms with van der Waals surface area (Å²) < 4.78 is 12.9. The molecule has 0 aliphatic rings. The van der Waals surface area contributed by atoms with Crippen LogP contribution in [0.4, 0.5) is 15.8 Å². The van der Waals surface area contributed by atoms with E-state index in [1.807, 2.05) is 6.92 Å². The number of nitrogen functional groups attached to an aromatic ring is 1. The average molecular weight is 300 g/mol. The third kappa shape index (κ3) is 5.79. The molecule has 0 aliphatic heterocycles. The summed E-state index contributed by atoms with van der Waals surface area (Å²) in [4.78, 5) is 11.7. The van der Waals surface area contributed by atoms with Crippen LogP contribution < -0.4 is 11.1 Å². The molecule has 1 rings (SSSR count). The van der Waals surface area contributed by atoms with E-state index >= 15 is 0 Å². The van der Waals surface area contributed by atoms with E-state index in [1.54, 1.807) is 18.7 Å². The fourth-order valence-corrected chi connectivity index (χ4v) is 2.46. The minimum Gasteiger partial charge on any atom is -0.397 e. The van der Waals surface area contributed by atoms with Crippen molar-refractivity contribution in [3.8, 4) is 0 Å². The monoisotopic (exact) mass is 300 g/mol. The molecular weight excluding hydrogens is 279 g/mol. The average Bonchev–Trinajstić information content (AvgIpc) is 2.37. The summed E-state index contributed by atoms with van der Waals surface area (Å²) in [6.45, 7) is 3.70. The van der Waals surface area contributed by atoms with Crippen LogP contribution in [-0.2, 0) is 4.79 Å². The summed E-state index contributed by atoms with van der Waals surface area (Å²) in [5, 5.41) is 12.1. The molecule has 4 N–H and O–H groups in total. The first-order valence-corrected chi connectivity index (χ1v) is 7.59. The van der Waals surface area contributed by atoms with Crippen molar-refractivity contribution in [1.29, 1.82) is 0 Å². The van der Waals surface area contributed by atoms with Crippen LogP contribution in [0.15, 0.2) is 18.2 Å². The van der Waals surface area contributed by atoms with Crippen LogP contribution in [0.2, 0.25) is 0 Å². The zero-order valence-electron chi connectivity index (χ0n) is 11.7. The molecular formula is C14H21FN2O2S. The number of anilines is 2. The minimum absolute atomic E-state index is 0.145. The van der Waals surface area contributed by atoms with Crippen LogP contribution in [0.1, 0.15) is 26.7 Å². The van der Waals surface area contributed by atoms with Gasteiger partial charge in [0.15, 0.2) is 0 Å². The van der Waals surface area contributed by atoms with Crippen molar-refractivity contribution in [2.24, 2.45) is 0 Å². The Balaban J connectivity index is 2.30. The number of aliphatic hydroxyl groups excluding tert-OH is 1. The molecule has 0 aromatic heterocycles. The summed E-state index contributed by atoms with van der Waals surface area (Å²) in [5.41, 5.74) is 6.26. The van der Waals surface area contributed by atoms with E-state index in [0.717, 1.165) is 5.75 Å². The fraction of sp³-hybridized carbons (Fsp3) is 0.500. The van der Waals surface area contributed by atoms with E-state index < -0.39 is 5.82 Å². The number of halogens is 1. The van der Waals surface area contributed by atoms with Crippen molar-refractivity contribution < 1.29 is 14.3 Å². The number of thioether (sulfide) groups is 1. The molecule has 1 aromatic carbocycles. The number of carbonyl (C=O) groups is 1. The van der Waals surface area contributed by atoms with Crippen molar-refractivity contribution in [1.82, 2.24) is 0 Å². The van der Waals surface area contributed by atoms with E-state index in [-0.39, 0.29) is 22.9 Å². The fourth-order valence-electron chi connectivity index (χ4n) is 1.50. The lowest BCUT2D eigenvalue weighted by molar-refractivity contribution is -0.116. The molecule has 0 spiro atoms. The van der Waals surface area contributed by atoms with Crippen molar-refractivity contribution in [2.45, 2.75) is 38.0 Å². The molecule has 0 radical (unpaired) electrons. The van der Waals surface area contributed by atoms with Gasteiger partial charge in [-0.3, -0.25) is 4.79 Å². The molecule has 1 amide bonds. The number of carbonyl (C=O) groups excluding carboxylic acids is 1. The molecule has 2 atom stereocenters. The molecule has 0 saturated heterocycles. The van der Waals surface area contributed by atoms with Gasteiger partial charge in [-0.1, -0.05) is 6.92 Å². The third-order valence-corrected chi connectivity index (χ3v) is 4.34. The minimum atomic E-state index is -0.427. The first-order valence-electron chi connectivity index (χ1n) is 6.54. The Morgan fingerprint density at radius 2 is 2.20 bits per heavy atom. The van der Waals surface area contributed by atoms with Crippen LogP contribution in [0.25, 0.3) is 0 Å². The topological polar surface area (TPSA) is 75.3 Å². The third-order valence-electron chi connectivity index (χ3n) is 2.90. The van der Waals surface area contributed by atoms with E-state index in [1.165, 1.54) is 18.2 Å². The Kier molecular flexibility index (Phi) is 6.81. The van der Waals surface area contributed by atoms with Gasteiger partial charge in [-0.25, -0.2) is 4.39 Å². The van der Waals surface area contributed by atoms with Gasteiger partial charge in [0.1, 0.15) is 5.82 Å². The zero-order chi connectivity index (χ0) is 15.1. The predicted octanol–water partition coefficient (Wildman–Crippen LogP) is 2.63. The van der Waals surface area contributed by atoms with Gasteiger partial charge >= 0.3 is 0 Å². The Morgan fingerprint density at radius 3 is 2.80 bits per heavy atom. The van der Waals surface area contributed by atoms with Crippen LogP contribution in [0.5, 0.6) is 0 Å². The maximum absolute atomic E-state index is 12.9. The van der Waals surface area contributed by atoms with Crippen molar-refractivity contribution in [3.63, 3.8) is 0 Å². The molecule has 2 unspecified atom stereocenters. The van der Waals surface area contributed by atoms with Gasteiger partial charge in [0, 0.05) is 11.7 Å². The SMILES string of the molecule is CC(O)C(C)SCCCC(=O)Nc1ccc(F)cc1N. The number of nitrogens with two attached hydrogens (primary N) is 1. The van der Waals surface area contributed by atoms with Crippen molar-refractivity contribution >= 4 is 29.0 Å². The van der Waals surface area contributed by atoms with E-state index in [4.69, 9.17) is 5.73 Å². The lowest BCUT2D eigenvalue weighted by Crippen LogP contribution is -2.16. The first-order chi connectivity index (χ1) is 9.40. The molecule has 0 fully saturated rings. The Labute approximate surface area is 122 Å². The summed E-state index contributed by atoms with van der Waals surface area (Å²) >= 11 is 1.63. The summed E-state index contributed by atoms with van der Waals surface area (Å²) in [6, 6.07) is 3.88. The summed E-state index contributed by atoms with van der Waals surface area (Å²) in [7, 11) is 0. The number of hydrogen-bond acceptors (Lipinski definition) is 4. The molecule has 0 aliphatic carbocycles. The highest BCUT2D eigenvalue weighted by molar-refractivity contribution is 7.99. The Bertz CT molecular complexity index is 455. The largest absolute Gasteiger partial charge is 0.397 e. The maximum atomic E-state index is 12.9. The van der Waals surface area contributed by atoms with Gasteiger partial charge in [0.05, 0.1) is 17.5 Å². The number of amides is 1. The number of aliphatic hydroxyl groups is 1. The highest BCUT2D eigenvalue weighted by Crippen LogP contribution is 2.20. The molecule has 112 valence electrons. The molecule has 0 saturated carbocycles. The van der Waals surface area contributed by atoms with Crippen molar-refractivity contribution in [2.75, 3.05) is 16.8 Å². The van der Waals surface area contributed by atoms with Gasteiger partial charge in [-0.2, -0.15) is 11.8 Å². The van der Waals surface area contributed by atoms with E-state index in [2.05, 4.69) is 5.32 Å². The van der Waals surface area contributed by atoms with Crippen LogP contribution in [-0.4, -0.2) is 28.1 Å². The second kappa shape index (κ2) is 8.11. The Morgan fingerprint density at radius 1 is 1.50 bits per heavy atom. The second-order valence-electron chi connectivity index (χ2n) is 4.70. The highest BCUT2D eigenvalue weighted by Gasteiger charge is 2.10. The van der Waals surface area contributed by atoms with Gasteiger partial charge < -0.3 is 16.2 Å². The predicted molar refractivity (Wildman–Crippen MR) is 82.3 cm³/mol. The lowest BCUT2D eigenvalue weighted by atomic mass is 10.2. The standard InChI is InChI=1S/C14H21FN2O2S/c1-9(18)10(2)20-7-3-4-14(19)17-13-6-5-11(15)8-12(13)16/h5-6,8-10,18H,3-4,7,16H2,1-2H3,(H,17,19).